The molecule has 0 saturated heterocycles. The van der Waals surface area contributed by atoms with E-state index in [4.69, 9.17) is 23.7 Å². The number of amides is 1. The van der Waals surface area contributed by atoms with Gasteiger partial charge in [0.15, 0.2) is 0 Å². The van der Waals surface area contributed by atoms with Gasteiger partial charge in [-0.3, -0.25) is 4.79 Å². The summed E-state index contributed by atoms with van der Waals surface area (Å²) in [7, 11) is 1.39. The van der Waals surface area contributed by atoms with Gasteiger partial charge in [-0.2, -0.15) is 13.2 Å². The summed E-state index contributed by atoms with van der Waals surface area (Å²) in [5.74, 6) is 0.132. The van der Waals surface area contributed by atoms with Crippen molar-refractivity contribution in [3.05, 3.63) is 29.3 Å². The Kier molecular flexibility index (Phi) is 18.9. The standard InChI is InChI=1S/C30H48F3NO8/c1-29(2,3)42-28(36)34-23-24-22-25(13-14-26(24)30(31,32)33)41-17-11-6-5-9-15-38-18-20-40-21-19-39-16-10-7-8-12-27(35)37-4/h13-14,22H,5-12,15-21,23H2,1-4H3,(H,34,36). The Morgan fingerprint density at radius 1 is 0.762 bits per heavy atom. The fraction of sp³-hybridized carbons (Fsp3) is 0.733. The molecule has 0 atom stereocenters. The van der Waals surface area contributed by atoms with E-state index >= 15 is 0 Å². The lowest BCUT2D eigenvalue weighted by molar-refractivity contribution is -0.141. The van der Waals surface area contributed by atoms with Crippen LogP contribution in [0.25, 0.3) is 0 Å². The van der Waals surface area contributed by atoms with Crippen LogP contribution in [0.15, 0.2) is 18.2 Å². The molecular weight excluding hydrogens is 559 g/mol. The molecule has 0 radical (unpaired) electrons. The molecule has 0 heterocycles. The number of alkyl carbamates (subject to hydrolysis) is 1. The van der Waals surface area contributed by atoms with Crippen molar-refractivity contribution in [2.45, 2.75) is 90.5 Å². The summed E-state index contributed by atoms with van der Waals surface area (Å²) >= 11 is 0. The van der Waals surface area contributed by atoms with Crippen molar-refractivity contribution in [3.63, 3.8) is 0 Å². The molecule has 1 aromatic carbocycles. The first-order valence-corrected chi connectivity index (χ1v) is 14.5. The van der Waals surface area contributed by atoms with Gasteiger partial charge in [-0.25, -0.2) is 4.79 Å². The second kappa shape index (κ2) is 21.2. The Hall–Kier alpha value is -2.57. The zero-order chi connectivity index (χ0) is 31.3. The quantitative estimate of drug-likeness (QED) is 0.119. The van der Waals surface area contributed by atoms with Gasteiger partial charge in [-0.15, -0.1) is 0 Å². The number of carbonyl (C=O) groups is 2. The number of carbonyl (C=O) groups excluding carboxylic acids is 2. The molecule has 1 rings (SSSR count). The van der Waals surface area contributed by atoms with Crippen LogP contribution in [0.3, 0.4) is 0 Å². The SMILES string of the molecule is COC(=O)CCCCCOCCOCCOCCCCCCOc1ccc(C(F)(F)F)c(CNC(=O)OC(C)(C)C)c1. The molecule has 0 spiro atoms. The van der Waals surface area contributed by atoms with Crippen LogP contribution in [0.1, 0.15) is 83.3 Å². The summed E-state index contributed by atoms with van der Waals surface area (Å²) in [5, 5.41) is 2.37. The first-order chi connectivity index (χ1) is 19.9. The van der Waals surface area contributed by atoms with Crippen molar-refractivity contribution < 1.29 is 51.2 Å². The molecule has 0 fully saturated rings. The van der Waals surface area contributed by atoms with E-state index in [1.807, 2.05) is 0 Å². The Morgan fingerprint density at radius 3 is 1.86 bits per heavy atom. The molecule has 0 aliphatic rings. The van der Waals surface area contributed by atoms with Crippen molar-refractivity contribution >= 4 is 12.1 Å². The van der Waals surface area contributed by atoms with E-state index in [0.717, 1.165) is 51.0 Å². The summed E-state index contributed by atoms with van der Waals surface area (Å²) in [4.78, 5) is 22.9. The van der Waals surface area contributed by atoms with Gasteiger partial charge in [0.05, 0.1) is 45.7 Å². The number of unbranched alkanes of at least 4 members (excludes halogenated alkanes) is 5. The first-order valence-electron chi connectivity index (χ1n) is 14.5. The number of hydrogen-bond acceptors (Lipinski definition) is 8. The molecule has 1 amide bonds. The Morgan fingerprint density at radius 2 is 1.31 bits per heavy atom. The number of alkyl halides is 3. The van der Waals surface area contributed by atoms with Gasteiger partial charge in [0, 0.05) is 26.2 Å². The maximum Gasteiger partial charge on any atom is 0.416 e. The normalized spacial score (nSPS) is 11.8. The minimum atomic E-state index is -4.55. The van der Waals surface area contributed by atoms with Crippen molar-refractivity contribution in [3.8, 4) is 5.75 Å². The summed E-state index contributed by atoms with van der Waals surface area (Å²) < 4.78 is 72.1. The first kappa shape index (κ1) is 37.5. The van der Waals surface area contributed by atoms with Gasteiger partial charge >= 0.3 is 18.2 Å². The number of nitrogens with one attached hydrogen (secondary N) is 1. The highest BCUT2D eigenvalue weighted by Crippen LogP contribution is 2.34. The van der Waals surface area contributed by atoms with Crippen LogP contribution in [0.5, 0.6) is 5.75 Å². The van der Waals surface area contributed by atoms with E-state index in [2.05, 4.69) is 10.1 Å². The Balaban J connectivity index is 2.09. The number of hydrogen-bond donors (Lipinski definition) is 1. The number of ether oxygens (including phenoxy) is 6. The molecule has 0 aliphatic heterocycles. The highest BCUT2D eigenvalue weighted by atomic mass is 19.4. The number of rotatable bonds is 22. The third-order valence-electron chi connectivity index (χ3n) is 5.80. The Bertz CT molecular complexity index is 890. The number of benzene rings is 1. The molecule has 242 valence electrons. The van der Waals surface area contributed by atoms with Crippen LogP contribution in [0.2, 0.25) is 0 Å². The maximum absolute atomic E-state index is 13.4. The molecule has 1 aromatic rings. The largest absolute Gasteiger partial charge is 0.494 e. The van der Waals surface area contributed by atoms with Crippen LogP contribution < -0.4 is 10.1 Å². The van der Waals surface area contributed by atoms with Crippen molar-refractivity contribution in [1.82, 2.24) is 5.32 Å². The number of esters is 1. The van der Waals surface area contributed by atoms with Gasteiger partial charge < -0.3 is 33.7 Å². The van der Waals surface area contributed by atoms with Crippen molar-refractivity contribution in [1.29, 1.82) is 0 Å². The molecule has 12 heteroatoms. The van der Waals surface area contributed by atoms with Crippen molar-refractivity contribution in [2.75, 3.05) is 53.4 Å². The third-order valence-corrected chi connectivity index (χ3v) is 5.80. The predicted octanol–water partition coefficient (Wildman–Crippen LogP) is 6.45. The fourth-order valence-electron chi connectivity index (χ4n) is 3.71. The third kappa shape index (κ3) is 19.5. The topological polar surface area (TPSA) is 102 Å². The molecule has 1 N–H and O–H groups in total. The molecule has 0 aliphatic carbocycles. The van der Waals surface area contributed by atoms with E-state index in [1.165, 1.54) is 19.2 Å². The van der Waals surface area contributed by atoms with Crippen LogP contribution >= 0.6 is 0 Å². The number of methoxy groups -OCH3 is 1. The molecular formula is C30H48F3NO8. The smallest absolute Gasteiger partial charge is 0.416 e. The zero-order valence-corrected chi connectivity index (χ0v) is 25.4. The van der Waals surface area contributed by atoms with E-state index in [-0.39, 0.29) is 18.1 Å². The molecule has 0 bridgehead atoms. The minimum Gasteiger partial charge on any atom is -0.494 e. The monoisotopic (exact) mass is 607 g/mol. The lowest BCUT2D eigenvalue weighted by Gasteiger charge is -2.20. The fourth-order valence-corrected chi connectivity index (χ4v) is 3.71. The van der Waals surface area contributed by atoms with Crippen molar-refractivity contribution in [2.24, 2.45) is 0 Å². The second-order valence-corrected chi connectivity index (χ2v) is 10.7. The molecule has 42 heavy (non-hydrogen) atoms. The predicted molar refractivity (Wildman–Crippen MR) is 151 cm³/mol. The molecule has 9 nitrogen and oxygen atoms in total. The molecule has 0 aromatic heterocycles. The summed E-state index contributed by atoms with van der Waals surface area (Å²) in [6.45, 7) is 8.36. The maximum atomic E-state index is 13.4. The van der Waals surface area contributed by atoms with Crippen LogP contribution in [0, 0.1) is 0 Å². The highest BCUT2D eigenvalue weighted by Gasteiger charge is 2.33. The molecule has 0 unspecified atom stereocenters. The minimum absolute atomic E-state index is 0.0939. The van der Waals surface area contributed by atoms with Gasteiger partial charge in [0.2, 0.25) is 0 Å². The summed E-state index contributed by atoms with van der Waals surface area (Å²) in [6.07, 6.45) is 1.20. The van der Waals surface area contributed by atoms with Gasteiger partial charge in [-0.1, -0.05) is 12.8 Å². The second-order valence-electron chi connectivity index (χ2n) is 10.7. The van der Waals surface area contributed by atoms with Gasteiger partial charge in [0.25, 0.3) is 0 Å². The lowest BCUT2D eigenvalue weighted by Crippen LogP contribution is -2.32. The average molecular weight is 608 g/mol. The summed E-state index contributed by atoms with van der Waals surface area (Å²) in [5.41, 5.74) is -1.68. The lowest BCUT2D eigenvalue weighted by atomic mass is 10.1. The van der Waals surface area contributed by atoms with Gasteiger partial charge in [0.1, 0.15) is 11.4 Å². The molecule has 0 saturated carbocycles. The zero-order valence-electron chi connectivity index (χ0n) is 25.4. The van der Waals surface area contributed by atoms with E-state index in [1.54, 1.807) is 20.8 Å². The van der Waals surface area contributed by atoms with E-state index in [9.17, 15) is 22.8 Å². The van der Waals surface area contributed by atoms with E-state index in [0.29, 0.717) is 58.4 Å². The average Bonchev–Trinajstić information content (AvgIpc) is 2.91. The highest BCUT2D eigenvalue weighted by molar-refractivity contribution is 5.69. The van der Waals surface area contributed by atoms with Crippen LogP contribution in [-0.4, -0.2) is 71.0 Å². The van der Waals surface area contributed by atoms with Gasteiger partial charge in [-0.05, 0) is 76.6 Å². The van der Waals surface area contributed by atoms with E-state index < -0.39 is 23.4 Å². The number of halogens is 3. The Labute approximate surface area is 247 Å². The van der Waals surface area contributed by atoms with Crippen LogP contribution in [-0.2, 0) is 41.2 Å². The van der Waals surface area contributed by atoms with Crippen LogP contribution in [0.4, 0.5) is 18.0 Å². The summed E-state index contributed by atoms with van der Waals surface area (Å²) in [6, 6.07) is 3.56.